The van der Waals surface area contributed by atoms with Crippen molar-refractivity contribution in [1.29, 1.82) is 0 Å². The molecule has 0 unspecified atom stereocenters. The molecule has 1 N–H and O–H groups in total. The normalized spacial score (nSPS) is 10.7. The van der Waals surface area contributed by atoms with Gasteiger partial charge in [-0.15, -0.1) is 15.3 Å². The molecular formula is C21H18ClN5O3. The lowest BCUT2D eigenvalue weighted by atomic mass is 10.2. The number of rotatable bonds is 8. The van der Waals surface area contributed by atoms with Crippen molar-refractivity contribution in [3.05, 3.63) is 71.8 Å². The molecule has 30 heavy (non-hydrogen) atoms. The van der Waals surface area contributed by atoms with Crippen molar-refractivity contribution < 1.29 is 14.3 Å². The summed E-state index contributed by atoms with van der Waals surface area (Å²) in [6.45, 7) is 0.423. The van der Waals surface area contributed by atoms with Gasteiger partial charge in [0, 0.05) is 11.6 Å². The van der Waals surface area contributed by atoms with Crippen LogP contribution in [-0.2, 0) is 4.79 Å². The summed E-state index contributed by atoms with van der Waals surface area (Å²) in [4.78, 5) is 11.9. The third-order valence-electron chi connectivity index (χ3n) is 4.14. The minimum Gasteiger partial charge on any atom is -0.482 e. The summed E-state index contributed by atoms with van der Waals surface area (Å²) in [5, 5.41) is 15.9. The van der Waals surface area contributed by atoms with E-state index in [0.717, 1.165) is 5.56 Å². The number of halogens is 1. The van der Waals surface area contributed by atoms with Crippen LogP contribution in [0.4, 0.5) is 0 Å². The molecule has 0 atom stereocenters. The number of nitrogens with one attached hydrogen (secondary N) is 1. The molecule has 4 rings (SSSR count). The summed E-state index contributed by atoms with van der Waals surface area (Å²) in [6.07, 6.45) is 0. The average Bonchev–Trinajstić information content (AvgIpc) is 3.20. The summed E-state index contributed by atoms with van der Waals surface area (Å²) in [6, 6.07) is 20.1. The van der Waals surface area contributed by atoms with Crippen LogP contribution < -0.4 is 14.8 Å². The first-order valence-electron chi connectivity index (χ1n) is 9.25. The molecule has 0 saturated carbocycles. The number of ether oxygens (including phenoxy) is 2. The molecule has 2 heterocycles. The smallest absolute Gasteiger partial charge is 0.258 e. The molecule has 0 saturated heterocycles. The fraction of sp³-hybridized carbons (Fsp3) is 0.143. The van der Waals surface area contributed by atoms with Gasteiger partial charge in [-0.3, -0.25) is 4.79 Å². The molecule has 0 bridgehead atoms. The summed E-state index contributed by atoms with van der Waals surface area (Å²) in [5.74, 6) is 1.22. The van der Waals surface area contributed by atoms with Gasteiger partial charge in [-0.05, 0) is 18.2 Å². The minimum atomic E-state index is -0.271. The third kappa shape index (κ3) is 4.66. The number of hydrogen-bond acceptors (Lipinski definition) is 6. The van der Waals surface area contributed by atoms with E-state index in [0.29, 0.717) is 34.7 Å². The maximum atomic E-state index is 11.9. The lowest BCUT2D eigenvalue weighted by Gasteiger charge is -2.09. The summed E-state index contributed by atoms with van der Waals surface area (Å²) in [7, 11) is 0. The Morgan fingerprint density at radius 2 is 1.77 bits per heavy atom. The van der Waals surface area contributed by atoms with Gasteiger partial charge in [0.15, 0.2) is 18.1 Å². The molecule has 0 fully saturated rings. The predicted molar refractivity (Wildman–Crippen MR) is 112 cm³/mol. The average molecular weight is 424 g/mol. The summed E-state index contributed by atoms with van der Waals surface area (Å²) in [5.41, 5.74) is 1.52. The van der Waals surface area contributed by atoms with Crippen molar-refractivity contribution in [2.24, 2.45) is 0 Å². The number of aromatic nitrogens is 4. The number of amides is 1. The van der Waals surface area contributed by atoms with Crippen LogP contribution in [0, 0.1) is 0 Å². The Morgan fingerprint density at radius 1 is 0.967 bits per heavy atom. The lowest BCUT2D eigenvalue weighted by Crippen LogP contribution is -2.32. The minimum absolute atomic E-state index is 0.130. The van der Waals surface area contributed by atoms with Crippen LogP contribution >= 0.6 is 11.6 Å². The van der Waals surface area contributed by atoms with Gasteiger partial charge in [0.2, 0.25) is 5.88 Å². The van der Waals surface area contributed by atoms with Crippen molar-refractivity contribution in [1.82, 2.24) is 25.1 Å². The highest BCUT2D eigenvalue weighted by atomic mass is 35.5. The van der Waals surface area contributed by atoms with Crippen molar-refractivity contribution in [3.8, 4) is 23.0 Å². The zero-order valence-electron chi connectivity index (χ0n) is 15.9. The Balaban J connectivity index is 1.29. The number of benzene rings is 2. The van der Waals surface area contributed by atoms with Crippen molar-refractivity contribution in [3.63, 3.8) is 0 Å². The number of carbonyl (C=O) groups is 1. The highest BCUT2D eigenvalue weighted by Gasteiger charge is 2.10. The van der Waals surface area contributed by atoms with Crippen molar-refractivity contribution >= 4 is 23.2 Å². The molecule has 0 aliphatic carbocycles. The van der Waals surface area contributed by atoms with Gasteiger partial charge in [0.25, 0.3) is 5.91 Å². The van der Waals surface area contributed by atoms with E-state index in [1.807, 2.05) is 30.3 Å². The molecule has 2 aromatic heterocycles. The van der Waals surface area contributed by atoms with Crippen LogP contribution in [0.15, 0.2) is 66.7 Å². The SMILES string of the molecule is O=C(COc1ccccc1Cl)NCCOc1ccc2nnc(-c3ccccc3)n2n1. The number of fused-ring (bicyclic) bond motifs is 1. The van der Waals surface area contributed by atoms with Crippen molar-refractivity contribution in [2.75, 3.05) is 19.8 Å². The van der Waals surface area contributed by atoms with E-state index in [2.05, 4.69) is 20.6 Å². The lowest BCUT2D eigenvalue weighted by molar-refractivity contribution is -0.123. The molecule has 152 valence electrons. The Hall–Kier alpha value is -3.65. The van der Waals surface area contributed by atoms with Crippen LogP contribution in [0.2, 0.25) is 5.02 Å². The monoisotopic (exact) mass is 423 g/mol. The van der Waals surface area contributed by atoms with Gasteiger partial charge in [-0.25, -0.2) is 0 Å². The van der Waals surface area contributed by atoms with Gasteiger partial charge in [-0.1, -0.05) is 54.1 Å². The molecule has 1 amide bonds. The molecule has 8 nitrogen and oxygen atoms in total. The molecule has 0 aliphatic rings. The second kappa shape index (κ2) is 9.23. The first kappa shape index (κ1) is 19.7. The van der Waals surface area contributed by atoms with E-state index >= 15 is 0 Å². The number of para-hydroxylation sites is 1. The van der Waals surface area contributed by atoms with Gasteiger partial charge < -0.3 is 14.8 Å². The van der Waals surface area contributed by atoms with Gasteiger partial charge in [-0.2, -0.15) is 4.52 Å². The van der Waals surface area contributed by atoms with Crippen LogP contribution in [0.25, 0.3) is 17.0 Å². The molecule has 0 spiro atoms. The second-order valence-corrected chi connectivity index (χ2v) is 6.66. The first-order valence-corrected chi connectivity index (χ1v) is 9.63. The van der Waals surface area contributed by atoms with Gasteiger partial charge in [0.1, 0.15) is 12.4 Å². The molecule has 9 heteroatoms. The molecular weight excluding hydrogens is 406 g/mol. The largest absolute Gasteiger partial charge is 0.482 e. The van der Waals surface area contributed by atoms with Gasteiger partial charge in [0.05, 0.1) is 11.6 Å². The standard InChI is InChI=1S/C21H18ClN5O3/c22-16-8-4-5-9-17(16)30-14-19(28)23-12-13-29-20-11-10-18-24-25-21(27(18)26-20)15-6-2-1-3-7-15/h1-11H,12-14H2,(H,23,28). The summed E-state index contributed by atoms with van der Waals surface area (Å²) < 4.78 is 12.7. The van der Waals surface area contributed by atoms with Crippen LogP contribution in [0.3, 0.4) is 0 Å². The van der Waals surface area contributed by atoms with E-state index in [9.17, 15) is 4.79 Å². The predicted octanol–water partition coefficient (Wildman–Crippen LogP) is 3.02. The highest BCUT2D eigenvalue weighted by molar-refractivity contribution is 6.32. The molecule has 0 aliphatic heterocycles. The first-order chi connectivity index (χ1) is 14.7. The Bertz CT molecular complexity index is 1150. The third-order valence-corrected chi connectivity index (χ3v) is 4.45. The Morgan fingerprint density at radius 3 is 2.60 bits per heavy atom. The fourth-order valence-corrected chi connectivity index (χ4v) is 2.91. The van der Waals surface area contributed by atoms with E-state index in [1.54, 1.807) is 40.9 Å². The fourth-order valence-electron chi connectivity index (χ4n) is 2.72. The number of hydrogen-bond donors (Lipinski definition) is 1. The van der Waals surface area contributed by atoms with E-state index in [-0.39, 0.29) is 19.1 Å². The highest BCUT2D eigenvalue weighted by Crippen LogP contribution is 2.22. The topological polar surface area (TPSA) is 90.6 Å². The maximum absolute atomic E-state index is 11.9. The zero-order chi connectivity index (χ0) is 20.8. The molecule has 2 aromatic carbocycles. The van der Waals surface area contributed by atoms with Gasteiger partial charge >= 0.3 is 0 Å². The van der Waals surface area contributed by atoms with Crippen LogP contribution in [0.1, 0.15) is 0 Å². The zero-order valence-corrected chi connectivity index (χ0v) is 16.6. The second-order valence-electron chi connectivity index (χ2n) is 6.25. The van der Waals surface area contributed by atoms with Crippen molar-refractivity contribution in [2.45, 2.75) is 0 Å². The number of nitrogens with zero attached hydrogens (tertiary/aromatic N) is 4. The summed E-state index contributed by atoms with van der Waals surface area (Å²) >= 11 is 5.99. The molecule has 0 radical (unpaired) electrons. The quantitative estimate of drug-likeness (QED) is 0.438. The Kier molecular flexibility index (Phi) is 6.05. The maximum Gasteiger partial charge on any atom is 0.258 e. The van der Waals surface area contributed by atoms with Crippen LogP contribution in [0.5, 0.6) is 11.6 Å². The van der Waals surface area contributed by atoms with E-state index in [1.165, 1.54) is 0 Å². The Labute approximate surface area is 177 Å². The van der Waals surface area contributed by atoms with Crippen LogP contribution in [-0.4, -0.2) is 45.5 Å². The van der Waals surface area contributed by atoms with E-state index < -0.39 is 0 Å². The van der Waals surface area contributed by atoms with E-state index in [4.69, 9.17) is 21.1 Å². The number of carbonyl (C=O) groups excluding carboxylic acids is 1. The molecule has 4 aromatic rings.